The number of nitrogens with one attached hydrogen (secondary N) is 1. The smallest absolute Gasteiger partial charge is 0.128 e. The molecule has 0 spiro atoms. The molecule has 3 heteroatoms. The first-order valence-corrected chi connectivity index (χ1v) is 5.64. The number of likely N-dealkylation sites (N-methyl/N-ethyl adjacent to an activating group) is 1. The number of anilines is 1. The molecule has 3 nitrogen and oxygen atoms in total. The van der Waals surface area contributed by atoms with Crippen molar-refractivity contribution in [3.8, 4) is 0 Å². The Balaban J connectivity index is 2.66. The normalized spacial score (nSPS) is 10.5. The molecule has 0 unspecified atom stereocenters. The fourth-order valence-corrected chi connectivity index (χ4v) is 1.39. The number of nitrogens with zero attached hydrogens (tertiary/aromatic N) is 2. The van der Waals surface area contributed by atoms with Crippen LogP contribution >= 0.6 is 0 Å². The molecule has 1 aromatic rings. The molecule has 1 aromatic heterocycles. The lowest BCUT2D eigenvalue weighted by Gasteiger charge is -2.17. The average molecular weight is 219 g/mol. The molecule has 0 aliphatic heterocycles. The lowest BCUT2D eigenvalue weighted by Crippen LogP contribution is -2.22. The van der Waals surface area contributed by atoms with E-state index in [1.54, 1.807) is 0 Å². The van der Waals surface area contributed by atoms with E-state index < -0.39 is 0 Å². The van der Waals surface area contributed by atoms with Crippen LogP contribution in [0.1, 0.15) is 19.4 Å². The van der Waals surface area contributed by atoms with Crippen molar-refractivity contribution in [1.82, 2.24) is 10.3 Å². The Kier molecular flexibility index (Phi) is 4.99. The van der Waals surface area contributed by atoms with Crippen molar-refractivity contribution in [2.24, 2.45) is 0 Å². The van der Waals surface area contributed by atoms with Gasteiger partial charge in [-0.05, 0) is 17.7 Å². The van der Waals surface area contributed by atoms with Crippen molar-refractivity contribution in [1.29, 1.82) is 0 Å². The number of hydrogen-bond donors (Lipinski definition) is 1. The highest BCUT2D eigenvalue weighted by molar-refractivity contribution is 5.40. The van der Waals surface area contributed by atoms with Gasteiger partial charge in [-0.3, -0.25) is 0 Å². The van der Waals surface area contributed by atoms with E-state index in [1.165, 1.54) is 5.56 Å². The molecule has 0 amide bonds. The average Bonchev–Trinajstić information content (AvgIpc) is 2.27. The molecule has 0 aliphatic carbocycles. The van der Waals surface area contributed by atoms with Crippen molar-refractivity contribution in [2.75, 3.05) is 18.5 Å². The molecule has 16 heavy (non-hydrogen) atoms. The highest BCUT2D eigenvalue weighted by atomic mass is 15.1. The zero-order chi connectivity index (χ0) is 12.0. The van der Waals surface area contributed by atoms with Gasteiger partial charge >= 0.3 is 0 Å². The number of hydrogen-bond acceptors (Lipinski definition) is 3. The summed E-state index contributed by atoms with van der Waals surface area (Å²) < 4.78 is 0. The Morgan fingerprint density at radius 3 is 2.94 bits per heavy atom. The summed E-state index contributed by atoms with van der Waals surface area (Å²) in [6.45, 7) is 9.71. The quantitative estimate of drug-likeness (QED) is 0.743. The molecule has 0 saturated heterocycles. The molecule has 0 bridgehead atoms. The van der Waals surface area contributed by atoms with E-state index in [9.17, 15) is 0 Å². The van der Waals surface area contributed by atoms with Gasteiger partial charge in [0.05, 0.1) is 0 Å². The Hall–Kier alpha value is -1.35. The highest BCUT2D eigenvalue weighted by Crippen LogP contribution is 2.10. The number of pyridine rings is 1. The van der Waals surface area contributed by atoms with Crippen LogP contribution < -0.4 is 10.2 Å². The van der Waals surface area contributed by atoms with Gasteiger partial charge in [0.15, 0.2) is 0 Å². The summed E-state index contributed by atoms with van der Waals surface area (Å²) in [5.41, 5.74) is 1.26. The van der Waals surface area contributed by atoms with Gasteiger partial charge < -0.3 is 10.2 Å². The molecule has 0 atom stereocenters. The molecule has 0 aromatic carbocycles. The van der Waals surface area contributed by atoms with Crippen LogP contribution in [0.4, 0.5) is 5.82 Å². The van der Waals surface area contributed by atoms with Crippen LogP contribution in [0.3, 0.4) is 0 Å². The Bertz CT molecular complexity index is 334. The third-order valence-corrected chi connectivity index (χ3v) is 2.32. The molecule has 0 saturated carbocycles. The first-order valence-electron chi connectivity index (χ1n) is 5.64. The summed E-state index contributed by atoms with van der Waals surface area (Å²) in [7, 11) is 2.02. The fourth-order valence-electron chi connectivity index (χ4n) is 1.39. The second-order valence-corrected chi connectivity index (χ2v) is 4.23. The predicted molar refractivity (Wildman–Crippen MR) is 69.7 cm³/mol. The van der Waals surface area contributed by atoms with Crippen LogP contribution in [-0.2, 0) is 6.54 Å². The SMILES string of the molecule is C=CCN(C)c1cc(CNC(C)C)ccn1. The zero-order valence-electron chi connectivity index (χ0n) is 10.4. The molecular weight excluding hydrogens is 198 g/mol. The van der Waals surface area contributed by atoms with Crippen LogP contribution in [0, 0.1) is 0 Å². The predicted octanol–water partition coefficient (Wildman–Crippen LogP) is 2.20. The van der Waals surface area contributed by atoms with Crippen LogP contribution in [0.5, 0.6) is 0 Å². The molecule has 0 aliphatic rings. The van der Waals surface area contributed by atoms with Gasteiger partial charge in [-0.15, -0.1) is 6.58 Å². The van der Waals surface area contributed by atoms with Crippen molar-refractivity contribution in [2.45, 2.75) is 26.4 Å². The van der Waals surface area contributed by atoms with E-state index in [-0.39, 0.29) is 0 Å². The Labute approximate surface area is 98.2 Å². The minimum absolute atomic E-state index is 0.502. The van der Waals surface area contributed by atoms with Crippen LogP contribution in [0.15, 0.2) is 31.0 Å². The lowest BCUT2D eigenvalue weighted by atomic mass is 10.2. The highest BCUT2D eigenvalue weighted by Gasteiger charge is 2.02. The van der Waals surface area contributed by atoms with E-state index >= 15 is 0 Å². The molecule has 0 fully saturated rings. The van der Waals surface area contributed by atoms with Crippen LogP contribution in [-0.4, -0.2) is 24.6 Å². The molecule has 88 valence electrons. The Morgan fingerprint density at radius 1 is 1.56 bits per heavy atom. The zero-order valence-corrected chi connectivity index (χ0v) is 10.4. The maximum absolute atomic E-state index is 4.34. The lowest BCUT2D eigenvalue weighted by molar-refractivity contribution is 0.588. The molecular formula is C13H21N3. The van der Waals surface area contributed by atoms with E-state index in [1.807, 2.05) is 25.4 Å². The van der Waals surface area contributed by atoms with Gasteiger partial charge in [0, 0.05) is 32.4 Å². The summed E-state index contributed by atoms with van der Waals surface area (Å²) in [6, 6.07) is 4.65. The van der Waals surface area contributed by atoms with E-state index in [0.717, 1.165) is 18.9 Å². The van der Waals surface area contributed by atoms with Gasteiger partial charge in [-0.25, -0.2) is 4.98 Å². The van der Waals surface area contributed by atoms with Gasteiger partial charge in [0.25, 0.3) is 0 Å². The minimum atomic E-state index is 0.502. The van der Waals surface area contributed by atoms with Crippen molar-refractivity contribution in [3.63, 3.8) is 0 Å². The fraction of sp³-hybridized carbons (Fsp3) is 0.462. The van der Waals surface area contributed by atoms with Crippen molar-refractivity contribution >= 4 is 5.82 Å². The summed E-state index contributed by atoms with van der Waals surface area (Å²) in [5, 5.41) is 3.39. The second-order valence-electron chi connectivity index (χ2n) is 4.23. The van der Waals surface area contributed by atoms with Crippen molar-refractivity contribution in [3.05, 3.63) is 36.5 Å². The molecule has 1 heterocycles. The summed E-state index contributed by atoms with van der Waals surface area (Å²) in [5.74, 6) is 0.989. The van der Waals surface area contributed by atoms with Crippen molar-refractivity contribution < 1.29 is 0 Å². The molecule has 1 rings (SSSR count). The van der Waals surface area contributed by atoms with E-state index in [4.69, 9.17) is 0 Å². The maximum atomic E-state index is 4.34. The number of aromatic nitrogens is 1. The summed E-state index contributed by atoms with van der Waals surface area (Å²) in [6.07, 6.45) is 3.73. The molecule has 0 radical (unpaired) electrons. The van der Waals surface area contributed by atoms with E-state index in [2.05, 4.69) is 41.7 Å². The van der Waals surface area contributed by atoms with Gasteiger partial charge in [0.2, 0.25) is 0 Å². The summed E-state index contributed by atoms with van der Waals surface area (Å²) >= 11 is 0. The third kappa shape index (κ3) is 4.03. The standard InChI is InChI=1S/C13H21N3/c1-5-8-16(4)13-9-12(6-7-14-13)10-15-11(2)3/h5-7,9,11,15H,1,8,10H2,2-4H3. The largest absolute Gasteiger partial charge is 0.356 e. The first kappa shape index (κ1) is 12.7. The van der Waals surface area contributed by atoms with Gasteiger partial charge in [-0.1, -0.05) is 19.9 Å². The monoisotopic (exact) mass is 219 g/mol. The maximum Gasteiger partial charge on any atom is 0.128 e. The Morgan fingerprint density at radius 2 is 2.31 bits per heavy atom. The topological polar surface area (TPSA) is 28.2 Å². The van der Waals surface area contributed by atoms with Gasteiger partial charge in [0.1, 0.15) is 5.82 Å². The number of rotatable bonds is 6. The van der Waals surface area contributed by atoms with E-state index in [0.29, 0.717) is 6.04 Å². The van der Waals surface area contributed by atoms with Gasteiger partial charge in [-0.2, -0.15) is 0 Å². The molecule has 1 N–H and O–H groups in total. The third-order valence-electron chi connectivity index (χ3n) is 2.32. The minimum Gasteiger partial charge on any atom is -0.356 e. The summed E-state index contributed by atoms with van der Waals surface area (Å²) in [4.78, 5) is 6.41. The van der Waals surface area contributed by atoms with Crippen LogP contribution in [0.25, 0.3) is 0 Å². The second kappa shape index (κ2) is 6.28. The first-order chi connectivity index (χ1) is 7.63. The van der Waals surface area contributed by atoms with Crippen LogP contribution in [0.2, 0.25) is 0 Å².